The molecule has 8 heteroatoms. The van der Waals surface area contributed by atoms with Gasteiger partial charge in [-0.25, -0.2) is 8.78 Å². The van der Waals surface area contributed by atoms with E-state index < -0.39 is 11.6 Å². The van der Waals surface area contributed by atoms with Crippen molar-refractivity contribution in [3.63, 3.8) is 0 Å². The van der Waals surface area contributed by atoms with Crippen LogP contribution in [0.15, 0.2) is 42.5 Å². The highest BCUT2D eigenvalue weighted by Crippen LogP contribution is 2.68. The van der Waals surface area contributed by atoms with Crippen LogP contribution in [0.5, 0.6) is 11.5 Å². The van der Waals surface area contributed by atoms with E-state index in [0.717, 1.165) is 31.4 Å². The molecule has 1 N–H and O–H groups in total. The molecule has 2 bridgehead atoms. The van der Waals surface area contributed by atoms with E-state index in [1.165, 1.54) is 6.07 Å². The monoisotopic (exact) mass is 435 g/mol. The van der Waals surface area contributed by atoms with Crippen molar-refractivity contribution in [1.82, 2.24) is 5.32 Å². The van der Waals surface area contributed by atoms with Gasteiger partial charge in [-0.1, -0.05) is 11.6 Å². The van der Waals surface area contributed by atoms with E-state index in [2.05, 4.69) is 5.32 Å². The highest BCUT2D eigenvalue weighted by molar-refractivity contribution is 6.30. The molecular formula is C22H20ClF2NO4. The molecule has 3 fully saturated rings. The van der Waals surface area contributed by atoms with Crippen LogP contribution < -0.4 is 14.8 Å². The summed E-state index contributed by atoms with van der Waals surface area (Å²) < 4.78 is 36.8. The molecule has 30 heavy (non-hydrogen) atoms. The minimum Gasteiger partial charge on any atom is -0.486 e. The minimum atomic E-state index is -1.03. The number of hydrogen-bond acceptors (Lipinski definition) is 4. The van der Waals surface area contributed by atoms with E-state index in [0.29, 0.717) is 17.2 Å². The molecule has 0 heterocycles. The van der Waals surface area contributed by atoms with Crippen LogP contribution in [-0.2, 0) is 9.59 Å². The number of Topliss-reactive ketones (excluding diaryl/α,β-unsaturated/α-hetero) is 1. The van der Waals surface area contributed by atoms with Crippen molar-refractivity contribution in [2.45, 2.75) is 31.2 Å². The largest absolute Gasteiger partial charge is 0.486 e. The normalized spacial score (nSPS) is 23.7. The van der Waals surface area contributed by atoms with E-state index in [1.54, 1.807) is 24.3 Å². The Labute approximate surface area is 177 Å². The van der Waals surface area contributed by atoms with Crippen LogP contribution in [0.1, 0.15) is 25.7 Å². The van der Waals surface area contributed by atoms with Gasteiger partial charge >= 0.3 is 0 Å². The third-order valence-corrected chi connectivity index (χ3v) is 5.84. The summed E-state index contributed by atoms with van der Waals surface area (Å²) in [5.74, 6) is -1.63. The topological polar surface area (TPSA) is 64.6 Å². The lowest BCUT2D eigenvalue weighted by Gasteiger charge is -2.70. The summed E-state index contributed by atoms with van der Waals surface area (Å²) in [6, 6.07) is 9.93. The number of amides is 1. The molecule has 5 rings (SSSR count). The van der Waals surface area contributed by atoms with Gasteiger partial charge in [0, 0.05) is 23.0 Å². The average molecular weight is 436 g/mol. The van der Waals surface area contributed by atoms with Gasteiger partial charge < -0.3 is 14.8 Å². The average Bonchev–Trinajstić information content (AvgIpc) is 2.66. The Morgan fingerprint density at radius 1 is 0.933 bits per heavy atom. The number of carbonyl (C=O) groups excluding carboxylic acids is 2. The molecule has 2 aromatic carbocycles. The lowest BCUT2D eigenvalue weighted by molar-refractivity contribution is -0.173. The van der Waals surface area contributed by atoms with Gasteiger partial charge in [-0.3, -0.25) is 9.59 Å². The summed E-state index contributed by atoms with van der Waals surface area (Å²) >= 11 is 5.82. The van der Waals surface area contributed by atoms with E-state index in [4.69, 9.17) is 21.1 Å². The fourth-order valence-electron chi connectivity index (χ4n) is 4.53. The van der Waals surface area contributed by atoms with Crippen molar-refractivity contribution >= 4 is 23.3 Å². The Hall–Kier alpha value is -2.67. The van der Waals surface area contributed by atoms with Crippen molar-refractivity contribution in [3.05, 3.63) is 59.1 Å². The molecule has 3 saturated carbocycles. The Morgan fingerprint density at radius 2 is 1.57 bits per heavy atom. The number of halogens is 3. The van der Waals surface area contributed by atoms with Gasteiger partial charge in [-0.05, 0) is 61.1 Å². The van der Waals surface area contributed by atoms with Crippen molar-refractivity contribution in [3.8, 4) is 11.5 Å². The van der Waals surface area contributed by atoms with Crippen LogP contribution in [-0.4, -0.2) is 30.4 Å². The summed E-state index contributed by atoms with van der Waals surface area (Å²) in [4.78, 5) is 24.3. The maximum absolute atomic E-state index is 13.2. The van der Waals surface area contributed by atoms with Gasteiger partial charge in [0.05, 0.1) is 0 Å². The second kappa shape index (κ2) is 7.87. The van der Waals surface area contributed by atoms with Crippen LogP contribution in [0.25, 0.3) is 0 Å². The number of ether oxygens (including phenoxy) is 2. The molecule has 0 atom stereocenters. The number of ketones is 1. The van der Waals surface area contributed by atoms with Crippen LogP contribution in [0.2, 0.25) is 5.02 Å². The first-order valence-corrected chi connectivity index (χ1v) is 9.93. The van der Waals surface area contributed by atoms with Crippen LogP contribution in [0.4, 0.5) is 8.78 Å². The second-order valence-corrected chi connectivity index (χ2v) is 8.62. The van der Waals surface area contributed by atoms with Gasteiger partial charge in [-0.2, -0.15) is 0 Å². The molecular weight excluding hydrogens is 416 g/mol. The Bertz CT molecular complexity index is 960. The third-order valence-electron chi connectivity index (χ3n) is 5.59. The van der Waals surface area contributed by atoms with Crippen molar-refractivity contribution < 1.29 is 27.8 Å². The van der Waals surface area contributed by atoms with Gasteiger partial charge in [0.25, 0.3) is 5.91 Å². The quantitative estimate of drug-likeness (QED) is 0.644. The highest BCUT2D eigenvalue weighted by atomic mass is 35.5. The molecule has 0 radical (unpaired) electrons. The predicted molar refractivity (Wildman–Crippen MR) is 106 cm³/mol. The zero-order valence-corrected chi connectivity index (χ0v) is 16.8. The van der Waals surface area contributed by atoms with Crippen LogP contribution in [0, 0.1) is 17.0 Å². The van der Waals surface area contributed by atoms with E-state index in [-0.39, 0.29) is 41.6 Å². The minimum absolute atomic E-state index is 0.00477. The fraction of sp³-hybridized carbons (Fsp3) is 0.364. The summed E-state index contributed by atoms with van der Waals surface area (Å²) in [5.41, 5.74) is -0.347. The smallest absolute Gasteiger partial charge is 0.258 e. The summed E-state index contributed by atoms with van der Waals surface area (Å²) in [6.45, 7) is -0.279. The van der Waals surface area contributed by atoms with E-state index in [9.17, 15) is 18.4 Å². The number of rotatable bonds is 9. The number of benzene rings is 2. The number of nitrogens with one attached hydrogen (secondary N) is 1. The van der Waals surface area contributed by atoms with Crippen LogP contribution in [0.3, 0.4) is 0 Å². The van der Waals surface area contributed by atoms with Crippen molar-refractivity contribution in [2.24, 2.45) is 5.41 Å². The standard InChI is InChI=1S/C22H20ClF2NO4/c23-14-1-3-16(4-2-14)29-9-15(27)8-21-11-22(12-21,13-21)26-20(28)10-30-17-5-6-18(24)19(25)7-17/h1-7H,8-13H2,(H,26,28). The molecule has 0 spiro atoms. The summed E-state index contributed by atoms with van der Waals surface area (Å²) in [6.07, 6.45) is 2.64. The molecule has 1 amide bonds. The molecule has 0 aliphatic heterocycles. The molecule has 3 aliphatic rings. The third kappa shape index (κ3) is 4.41. The number of hydrogen-bond donors (Lipinski definition) is 1. The molecule has 3 aliphatic carbocycles. The molecule has 2 aromatic rings. The SMILES string of the molecule is O=C(COc1ccc(Cl)cc1)CC12CC(NC(=O)COc3ccc(F)c(F)c3)(C1)C2. The van der Waals surface area contributed by atoms with Gasteiger partial charge in [0.1, 0.15) is 18.1 Å². The van der Waals surface area contributed by atoms with Gasteiger partial charge in [0.15, 0.2) is 24.0 Å². The lowest BCUT2D eigenvalue weighted by atomic mass is 9.38. The highest BCUT2D eigenvalue weighted by Gasteiger charge is 2.68. The van der Waals surface area contributed by atoms with Crippen molar-refractivity contribution in [2.75, 3.05) is 13.2 Å². The molecule has 0 aromatic heterocycles. The Balaban J connectivity index is 1.17. The first-order chi connectivity index (χ1) is 14.3. The van der Waals surface area contributed by atoms with Gasteiger partial charge in [0.2, 0.25) is 0 Å². The zero-order chi connectivity index (χ0) is 21.4. The predicted octanol–water partition coefficient (Wildman–Crippen LogP) is 4.07. The first-order valence-electron chi connectivity index (χ1n) is 9.56. The summed E-state index contributed by atoms with van der Waals surface area (Å²) in [7, 11) is 0. The van der Waals surface area contributed by atoms with Crippen LogP contribution >= 0.6 is 11.6 Å². The Kier molecular flexibility index (Phi) is 5.40. The van der Waals surface area contributed by atoms with E-state index >= 15 is 0 Å². The fourth-order valence-corrected chi connectivity index (χ4v) is 4.66. The van der Waals surface area contributed by atoms with Gasteiger partial charge in [-0.15, -0.1) is 0 Å². The second-order valence-electron chi connectivity index (χ2n) is 8.18. The number of carbonyl (C=O) groups is 2. The summed E-state index contributed by atoms with van der Waals surface area (Å²) in [5, 5.41) is 3.53. The van der Waals surface area contributed by atoms with E-state index in [1.807, 2.05) is 0 Å². The Morgan fingerprint density at radius 3 is 2.23 bits per heavy atom. The molecule has 5 nitrogen and oxygen atoms in total. The molecule has 0 unspecified atom stereocenters. The first kappa shape index (κ1) is 20.6. The van der Waals surface area contributed by atoms with Crippen molar-refractivity contribution in [1.29, 1.82) is 0 Å². The molecule has 0 saturated heterocycles. The molecule has 158 valence electrons. The maximum Gasteiger partial charge on any atom is 0.258 e. The zero-order valence-electron chi connectivity index (χ0n) is 16.1. The maximum atomic E-state index is 13.2. The lowest BCUT2D eigenvalue weighted by Crippen LogP contribution is -2.75.